The molecule has 0 saturated carbocycles. The zero-order valence-corrected chi connectivity index (χ0v) is 17.5. The van der Waals surface area contributed by atoms with Crippen LogP contribution in [0.2, 0.25) is 0 Å². The van der Waals surface area contributed by atoms with Crippen LogP contribution in [0, 0.1) is 5.82 Å². The van der Waals surface area contributed by atoms with Gasteiger partial charge in [-0.2, -0.15) is 0 Å². The fourth-order valence-electron chi connectivity index (χ4n) is 3.59. The van der Waals surface area contributed by atoms with Crippen LogP contribution < -0.4 is 10.3 Å². The van der Waals surface area contributed by atoms with Crippen LogP contribution in [0.15, 0.2) is 46.2 Å². The lowest BCUT2D eigenvalue weighted by molar-refractivity contribution is 0.0518. The standard InChI is InChI=1S/C22H21FN2O3S/c1-5-28-22(27)19-20(26)16-10-17(23)15(11-18(16)25-12(2)29-21(19)25)13-6-8-14(9-7-13)24(3)4/h6-12H,5H2,1-4H3. The molecule has 2 heterocycles. The molecule has 5 nitrogen and oxygen atoms in total. The summed E-state index contributed by atoms with van der Waals surface area (Å²) in [5.74, 6) is -1.16. The van der Waals surface area contributed by atoms with Crippen molar-refractivity contribution in [2.24, 2.45) is 0 Å². The topological polar surface area (TPSA) is 51.5 Å². The van der Waals surface area contributed by atoms with Crippen LogP contribution in [0.4, 0.5) is 10.1 Å². The van der Waals surface area contributed by atoms with E-state index >= 15 is 0 Å². The summed E-state index contributed by atoms with van der Waals surface area (Å²) in [6.07, 6.45) is 0. The van der Waals surface area contributed by atoms with Crippen molar-refractivity contribution in [1.29, 1.82) is 0 Å². The molecule has 150 valence electrons. The first-order valence-electron chi connectivity index (χ1n) is 9.36. The number of fused-ring (bicyclic) bond motifs is 3. The largest absolute Gasteiger partial charge is 0.462 e. The number of pyridine rings is 1. The molecule has 0 aliphatic carbocycles. The zero-order valence-electron chi connectivity index (χ0n) is 16.7. The number of rotatable bonds is 4. The fraction of sp³-hybridized carbons (Fsp3) is 0.273. The van der Waals surface area contributed by atoms with Crippen molar-refractivity contribution >= 4 is 34.3 Å². The van der Waals surface area contributed by atoms with Crippen LogP contribution in [0.25, 0.3) is 22.0 Å². The lowest BCUT2D eigenvalue weighted by atomic mass is 10.0. The summed E-state index contributed by atoms with van der Waals surface area (Å²) in [6, 6.07) is 10.5. The van der Waals surface area contributed by atoms with Gasteiger partial charge in [-0.3, -0.25) is 4.79 Å². The summed E-state index contributed by atoms with van der Waals surface area (Å²) >= 11 is 1.44. The number of carbonyl (C=O) groups is 1. The highest BCUT2D eigenvalue weighted by Crippen LogP contribution is 2.46. The van der Waals surface area contributed by atoms with Gasteiger partial charge >= 0.3 is 5.97 Å². The molecule has 0 spiro atoms. The van der Waals surface area contributed by atoms with Gasteiger partial charge in [0, 0.05) is 30.7 Å². The number of benzene rings is 2. The molecular formula is C22H21FN2O3S. The number of aromatic nitrogens is 1. The number of anilines is 1. The van der Waals surface area contributed by atoms with Gasteiger partial charge in [-0.25, -0.2) is 9.18 Å². The van der Waals surface area contributed by atoms with Gasteiger partial charge in [0.05, 0.1) is 22.5 Å². The third kappa shape index (κ3) is 3.09. The van der Waals surface area contributed by atoms with Crippen LogP contribution in [-0.4, -0.2) is 31.2 Å². The molecule has 0 saturated heterocycles. The van der Waals surface area contributed by atoms with E-state index in [1.165, 1.54) is 17.8 Å². The zero-order chi connectivity index (χ0) is 20.9. The molecule has 1 unspecified atom stereocenters. The number of hydrogen-bond donors (Lipinski definition) is 0. The summed E-state index contributed by atoms with van der Waals surface area (Å²) in [7, 11) is 3.88. The summed E-state index contributed by atoms with van der Waals surface area (Å²) in [6.45, 7) is 3.84. The van der Waals surface area contributed by atoms with E-state index < -0.39 is 17.2 Å². The molecule has 1 aromatic heterocycles. The summed E-state index contributed by atoms with van der Waals surface area (Å²) < 4.78 is 22.0. The molecule has 0 amide bonds. The first-order chi connectivity index (χ1) is 13.8. The maximum Gasteiger partial charge on any atom is 0.344 e. The third-order valence-electron chi connectivity index (χ3n) is 5.07. The van der Waals surface area contributed by atoms with Crippen molar-refractivity contribution < 1.29 is 13.9 Å². The monoisotopic (exact) mass is 412 g/mol. The van der Waals surface area contributed by atoms with Gasteiger partial charge in [0.15, 0.2) is 0 Å². The fourth-order valence-corrected chi connectivity index (χ4v) is 4.74. The highest BCUT2D eigenvalue weighted by molar-refractivity contribution is 8.00. The van der Waals surface area contributed by atoms with Crippen molar-refractivity contribution in [2.45, 2.75) is 24.2 Å². The molecule has 1 aliphatic heterocycles. The van der Waals surface area contributed by atoms with Crippen molar-refractivity contribution in [3.63, 3.8) is 0 Å². The Morgan fingerprint density at radius 2 is 1.93 bits per heavy atom. The number of esters is 1. The molecule has 1 atom stereocenters. The van der Waals surface area contributed by atoms with Crippen molar-refractivity contribution in [3.05, 3.63) is 58.0 Å². The van der Waals surface area contributed by atoms with Crippen molar-refractivity contribution in [3.8, 4) is 11.1 Å². The van der Waals surface area contributed by atoms with E-state index in [2.05, 4.69) is 0 Å². The first-order valence-corrected chi connectivity index (χ1v) is 10.2. The summed E-state index contributed by atoms with van der Waals surface area (Å²) in [4.78, 5) is 27.3. The molecule has 0 fully saturated rings. The van der Waals surface area contributed by atoms with Crippen LogP contribution >= 0.6 is 11.8 Å². The number of ether oxygens (including phenoxy) is 1. The molecule has 0 radical (unpaired) electrons. The summed E-state index contributed by atoms with van der Waals surface area (Å²) in [5, 5.41) is 0.805. The predicted molar refractivity (Wildman–Crippen MR) is 114 cm³/mol. The highest BCUT2D eigenvalue weighted by atomic mass is 32.2. The highest BCUT2D eigenvalue weighted by Gasteiger charge is 2.33. The van der Waals surface area contributed by atoms with E-state index in [-0.39, 0.29) is 22.9 Å². The van der Waals surface area contributed by atoms with Gasteiger partial charge < -0.3 is 14.2 Å². The Hall–Kier alpha value is -2.80. The normalized spacial score (nSPS) is 15.0. The average Bonchev–Trinajstić information content (AvgIpc) is 2.68. The molecule has 4 rings (SSSR count). The van der Waals surface area contributed by atoms with Crippen LogP contribution in [0.5, 0.6) is 0 Å². The Morgan fingerprint density at radius 3 is 2.52 bits per heavy atom. The number of nitrogens with zero attached hydrogens (tertiary/aromatic N) is 2. The van der Waals surface area contributed by atoms with E-state index in [1.807, 2.05) is 54.8 Å². The van der Waals surface area contributed by atoms with Crippen LogP contribution in [-0.2, 0) is 4.74 Å². The Kier molecular flexibility index (Phi) is 4.86. The van der Waals surface area contributed by atoms with Gasteiger partial charge in [-0.15, -0.1) is 0 Å². The Morgan fingerprint density at radius 1 is 1.24 bits per heavy atom. The number of halogens is 1. The lowest BCUT2D eigenvalue weighted by Gasteiger charge is -2.33. The molecule has 2 aromatic carbocycles. The minimum Gasteiger partial charge on any atom is -0.462 e. The molecule has 0 N–H and O–H groups in total. The second-order valence-electron chi connectivity index (χ2n) is 7.11. The van der Waals surface area contributed by atoms with E-state index in [4.69, 9.17) is 4.74 Å². The van der Waals surface area contributed by atoms with Crippen LogP contribution in [0.1, 0.15) is 29.6 Å². The number of hydrogen-bond acceptors (Lipinski definition) is 5. The van der Waals surface area contributed by atoms with Crippen molar-refractivity contribution in [2.75, 3.05) is 25.6 Å². The minimum absolute atomic E-state index is 0.00932. The van der Waals surface area contributed by atoms with Gasteiger partial charge in [0.25, 0.3) is 0 Å². The average molecular weight is 412 g/mol. The number of carbonyl (C=O) groups excluding carboxylic acids is 1. The second-order valence-corrected chi connectivity index (χ2v) is 8.41. The molecular weight excluding hydrogens is 391 g/mol. The van der Waals surface area contributed by atoms with E-state index in [0.29, 0.717) is 16.1 Å². The quantitative estimate of drug-likeness (QED) is 0.583. The number of thioether (sulfide) groups is 1. The van der Waals surface area contributed by atoms with Gasteiger partial charge in [0.1, 0.15) is 11.4 Å². The first kappa shape index (κ1) is 19.5. The molecule has 1 aliphatic rings. The SMILES string of the molecule is CCOC(=O)c1c2n(c3cc(-c4ccc(N(C)C)cc4)c(F)cc3c1=O)C(C)S2. The lowest BCUT2D eigenvalue weighted by Crippen LogP contribution is -2.29. The minimum atomic E-state index is -0.661. The van der Waals surface area contributed by atoms with Gasteiger partial charge in [0.2, 0.25) is 5.43 Å². The third-order valence-corrected chi connectivity index (χ3v) is 6.25. The maximum atomic E-state index is 15.0. The summed E-state index contributed by atoms with van der Waals surface area (Å²) in [5.41, 5.74) is 2.29. The van der Waals surface area contributed by atoms with Crippen LogP contribution in [0.3, 0.4) is 0 Å². The maximum absolute atomic E-state index is 15.0. The Balaban J connectivity index is 1.94. The molecule has 3 aromatic rings. The van der Waals surface area contributed by atoms with Gasteiger partial charge in [-0.05, 0) is 43.7 Å². The van der Waals surface area contributed by atoms with E-state index in [9.17, 15) is 14.0 Å². The molecule has 7 heteroatoms. The van der Waals surface area contributed by atoms with Gasteiger partial charge in [-0.1, -0.05) is 23.9 Å². The smallest absolute Gasteiger partial charge is 0.344 e. The predicted octanol–water partition coefficient (Wildman–Crippen LogP) is 4.67. The molecule has 29 heavy (non-hydrogen) atoms. The van der Waals surface area contributed by atoms with Crippen molar-refractivity contribution in [1.82, 2.24) is 4.57 Å². The molecule has 0 bridgehead atoms. The van der Waals surface area contributed by atoms with E-state index in [1.54, 1.807) is 13.0 Å². The Bertz CT molecular complexity index is 1190. The van der Waals surface area contributed by atoms with E-state index in [0.717, 1.165) is 11.3 Å². The second kappa shape index (κ2) is 7.22. The Labute approximate surface area is 172 Å².